The van der Waals surface area contributed by atoms with Gasteiger partial charge in [-0.1, -0.05) is 57.9 Å². The second kappa shape index (κ2) is 16.1. The van der Waals surface area contributed by atoms with E-state index in [0.29, 0.717) is 30.3 Å². The summed E-state index contributed by atoms with van der Waals surface area (Å²) >= 11 is 0. The number of ether oxygens (including phenoxy) is 1. The lowest BCUT2D eigenvalue weighted by Gasteiger charge is -2.29. The molecule has 2 aromatic carbocycles. The number of carbonyl (C=O) groups excluding carboxylic acids is 1. The third kappa shape index (κ3) is 9.88. The highest BCUT2D eigenvalue weighted by Gasteiger charge is 2.24. The number of carboxylic acid groups (broad SMARTS) is 1. The van der Waals surface area contributed by atoms with Crippen molar-refractivity contribution >= 4 is 17.7 Å². The highest BCUT2D eigenvalue weighted by molar-refractivity contribution is 5.91. The van der Waals surface area contributed by atoms with Crippen LogP contribution in [-0.4, -0.2) is 40.3 Å². The molecule has 3 N–H and O–H groups in total. The van der Waals surface area contributed by atoms with Gasteiger partial charge in [-0.25, -0.2) is 4.79 Å². The molecule has 1 amide bonds. The first kappa shape index (κ1) is 30.4. The van der Waals surface area contributed by atoms with Crippen LogP contribution in [0.2, 0.25) is 0 Å². The molecule has 0 radical (unpaired) electrons. The molecule has 2 atom stereocenters. The molecule has 0 saturated heterocycles. The lowest BCUT2D eigenvalue weighted by molar-refractivity contribution is -0.125. The quantitative estimate of drug-likeness (QED) is 0.136. The van der Waals surface area contributed by atoms with Crippen molar-refractivity contribution in [2.45, 2.75) is 65.8 Å². The van der Waals surface area contributed by atoms with Crippen LogP contribution >= 0.6 is 0 Å². The van der Waals surface area contributed by atoms with Crippen LogP contribution in [0.15, 0.2) is 73.0 Å². The van der Waals surface area contributed by atoms with Crippen LogP contribution in [0.4, 0.5) is 0 Å². The van der Waals surface area contributed by atoms with Crippen molar-refractivity contribution < 1.29 is 19.4 Å². The summed E-state index contributed by atoms with van der Waals surface area (Å²) in [5.41, 5.74) is 1.16. The highest BCUT2D eigenvalue weighted by Crippen LogP contribution is 2.23. The maximum Gasteiger partial charge on any atom is 0.335 e. The standard InChI is InChI=1S/C31H41N3O4/c1-5-8-10-21-34(20-9-6-2)29(32)28(33-30(35)23(4)11-7-3)22-24-12-16-26(17-13-24)38-27-18-14-25(15-19-27)31(36)37/h5,8,10,12-19,21,23,28,32H,6-7,9,11,20,22H2,1-4H3,(H,33,35)(H,36,37)/b8-5+,21-10+,32-29?. The summed E-state index contributed by atoms with van der Waals surface area (Å²) in [6.07, 6.45) is 11.8. The van der Waals surface area contributed by atoms with E-state index >= 15 is 0 Å². The Bertz CT molecular complexity index is 1090. The molecule has 0 aromatic heterocycles. The van der Waals surface area contributed by atoms with Crippen LogP contribution in [0.3, 0.4) is 0 Å². The molecule has 7 heteroatoms. The summed E-state index contributed by atoms with van der Waals surface area (Å²) in [5.74, 6) is 0.361. The van der Waals surface area contributed by atoms with Crippen LogP contribution in [0, 0.1) is 11.3 Å². The Morgan fingerprint density at radius 3 is 2.21 bits per heavy atom. The number of amides is 1. The first-order valence-electron chi connectivity index (χ1n) is 13.3. The zero-order valence-corrected chi connectivity index (χ0v) is 22.9. The van der Waals surface area contributed by atoms with Crippen molar-refractivity contribution in [3.05, 3.63) is 84.1 Å². The largest absolute Gasteiger partial charge is 0.478 e. The summed E-state index contributed by atoms with van der Waals surface area (Å²) in [6, 6.07) is 13.3. The monoisotopic (exact) mass is 519 g/mol. The number of hydrogen-bond acceptors (Lipinski definition) is 4. The van der Waals surface area contributed by atoms with Gasteiger partial charge in [0.15, 0.2) is 0 Å². The predicted octanol–water partition coefficient (Wildman–Crippen LogP) is 6.81. The summed E-state index contributed by atoms with van der Waals surface area (Å²) in [4.78, 5) is 25.9. The van der Waals surface area contributed by atoms with Gasteiger partial charge in [0, 0.05) is 18.7 Å². The number of amidine groups is 1. The molecular formula is C31H41N3O4. The van der Waals surface area contributed by atoms with Crippen molar-refractivity contribution in [1.82, 2.24) is 10.2 Å². The molecule has 7 nitrogen and oxygen atoms in total. The van der Waals surface area contributed by atoms with Gasteiger partial charge < -0.3 is 20.1 Å². The summed E-state index contributed by atoms with van der Waals surface area (Å²) < 4.78 is 5.85. The van der Waals surface area contributed by atoms with Gasteiger partial charge in [-0.15, -0.1) is 0 Å². The van der Waals surface area contributed by atoms with Gasteiger partial charge in [0.25, 0.3) is 0 Å². The maximum atomic E-state index is 12.9. The number of unbranched alkanes of at least 4 members (excludes halogenated alkanes) is 1. The molecule has 0 aliphatic heterocycles. The van der Waals surface area contributed by atoms with E-state index in [0.717, 1.165) is 31.2 Å². The van der Waals surface area contributed by atoms with Gasteiger partial charge in [0.1, 0.15) is 17.3 Å². The Labute approximate surface area is 226 Å². The molecule has 0 saturated carbocycles. The number of aromatic carboxylic acids is 1. The van der Waals surface area contributed by atoms with Crippen LogP contribution in [0.5, 0.6) is 11.5 Å². The SMILES string of the molecule is C/C=C/C=C/N(CCCC)C(=N)C(Cc1ccc(Oc2ccc(C(=O)O)cc2)cc1)NC(=O)C(C)CCC. The smallest absolute Gasteiger partial charge is 0.335 e. The number of carboxylic acids is 1. The zero-order chi connectivity index (χ0) is 27.9. The number of nitrogens with one attached hydrogen (secondary N) is 2. The summed E-state index contributed by atoms with van der Waals surface area (Å²) in [6.45, 7) is 8.76. The first-order valence-corrected chi connectivity index (χ1v) is 13.3. The maximum absolute atomic E-state index is 12.9. The number of rotatable bonds is 15. The van der Waals surface area contributed by atoms with Crippen molar-refractivity contribution in [2.24, 2.45) is 5.92 Å². The molecule has 0 spiro atoms. The van der Waals surface area contributed by atoms with E-state index in [2.05, 4.69) is 19.2 Å². The number of benzene rings is 2. The van der Waals surface area contributed by atoms with Crippen molar-refractivity contribution in [1.29, 1.82) is 5.41 Å². The molecule has 2 aromatic rings. The van der Waals surface area contributed by atoms with E-state index in [1.165, 1.54) is 12.1 Å². The Morgan fingerprint density at radius 2 is 1.66 bits per heavy atom. The van der Waals surface area contributed by atoms with Crippen LogP contribution in [-0.2, 0) is 11.2 Å². The molecule has 0 aliphatic rings. The van der Waals surface area contributed by atoms with E-state index in [1.54, 1.807) is 12.1 Å². The normalized spacial score (nSPS) is 12.8. The van der Waals surface area contributed by atoms with Gasteiger partial charge in [-0.3, -0.25) is 10.2 Å². The van der Waals surface area contributed by atoms with Crippen LogP contribution in [0.25, 0.3) is 0 Å². The van der Waals surface area contributed by atoms with E-state index in [-0.39, 0.29) is 17.4 Å². The second-order valence-electron chi connectivity index (χ2n) is 9.33. The van der Waals surface area contributed by atoms with Gasteiger partial charge in [0.05, 0.1) is 11.6 Å². The first-order chi connectivity index (χ1) is 18.3. The third-order valence-electron chi connectivity index (χ3n) is 6.15. The fourth-order valence-electron chi connectivity index (χ4n) is 3.89. The molecule has 0 aliphatic carbocycles. The number of nitrogens with zero attached hydrogens (tertiary/aromatic N) is 1. The van der Waals surface area contributed by atoms with Gasteiger partial charge >= 0.3 is 5.97 Å². The minimum Gasteiger partial charge on any atom is -0.478 e. The molecule has 2 rings (SSSR count). The molecule has 204 valence electrons. The van der Waals surface area contributed by atoms with E-state index in [9.17, 15) is 9.59 Å². The number of carbonyl (C=O) groups is 2. The number of hydrogen-bond donors (Lipinski definition) is 3. The van der Waals surface area contributed by atoms with Crippen molar-refractivity contribution in [3.8, 4) is 11.5 Å². The summed E-state index contributed by atoms with van der Waals surface area (Å²) in [7, 11) is 0. The Morgan fingerprint density at radius 1 is 1.03 bits per heavy atom. The van der Waals surface area contributed by atoms with Crippen molar-refractivity contribution in [3.63, 3.8) is 0 Å². The van der Waals surface area contributed by atoms with E-state index < -0.39 is 12.0 Å². The molecule has 38 heavy (non-hydrogen) atoms. The molecule has 2 unspecified atom stereocenters. The topological polar surface area (TPSA) is 103 Å². The average Bonchev–Trinajstić information content (AvgIpc) is 2.91. The fourth-order valence-corrected chi connectivity index (χ4v) is 3.89. The van der Waals surface area contributed by atoms with Gasteiger partial charge in [0.2, 0.25) is 5.91 Å². The second-order valence-corrected chi connectivity index (χ2v) is 9.33. The molecule has 0 bridgehead atoms. The average molecular weight is 520 g/mol. The summed E-state index contributed by atoms with van der Waals surface area (Å²) in [5, 5.41) is 21.2. The Hall–Kier alpha value is -3.87. The minimum atomic E-state index is -0.984. The van der Waals surface area contributed by atoms with Gasteiger partial charge in [-0.05, 0) is 74.2 Å². The lowest BCUT2D eigenvalue weighted by Crippen LogP contribution is -2.49. The highest BCUT2D eigenvalue weighted by atomic mass is 16.5. The Balaban J connectivity index is 2.21. The molecule has 0 heterocycles. The van der Waals surface area contributed by atoms with E-state index in [1.807, 2.05) is 67.4 Å². The lowest BCUT2D eigenvalue weighted by atomic mass is 10.0. The Kier molecular flexibility index (Phi) is 12.8. The third-order valence-corrected chi connectivity index (χ3v) is 6.15. The van der Waals surface area contributed by atoms with Crippen molar-refractivity contribution in [2.75, 3.05) is 6.54 Å². The molecule has 0 fully saturated rings. The van der Waals surface area contributed by atoms with Gasteiger partial charge in [-0.2, -0.15) is 0 Å². The minimum absolute atomic E-state index is 0.0424. The number of allylic oxidation sites excluding steroid dienone is 3. The molecular weight excluding hydrogens is 478 g/mol. The fraction of sp³-hybridized carbons (Fsp3) is 0.387. The predicted molar refractivity (Wildman–Crippen MR) is 153 cm³/mol. The van der Waals surface area contributed by atoms with Crippen LogP contribution < -0.4 is 10.1 Å². The zero-order valence-electron chi connectivity index (χ0n) is 22.9. The van der Waals surface area contributed by atoms with Crippen LogP contribution in [0.1, 0.15) is 69.3 Å². The van der Waals surface area contributed by atoms with E-state index in [4.69, 9.17) is 15.3 Å².